The van der Waals surface area contributed by atoms with E-state index in [2.05, 4.69) is 36.7 Å². The van der Waals surface area contributed by atoms with E-state index >= 15 is 0 Å². The lowest BCUT2D eigenvalue weighted by Gasteiger charge is -2.29. The molecule has 1 unspecified atom stereocenters. The number of rotatable bonds is 6. The molecule has 0 saturated heterocycles. The van der Waals surface area contributed by atoms with Gasteiger partial charge in [0.25, 0.3) is 0 Å². The Bertz CT molecular complexity index is 892. The zero-order valence-electron chi connectivity index (χ0n) is 17.9. The van der Waals surface area contributed by atoms with Crippen molar-refractivity contribution < 1.29 is 9.47 Å². The van der Waals surface area contributed by atoms with Crippen LogP contribution >= 0.6 is 0 Å². The highest BCUT2D eigenvalue weighted by atomic mass is 16.5. The number of hydrogen-bond acceptors (Lipinski definition) is 6. The van der Waals surface area contributed by atoms with Crippen LogP contribution in [0.1, 0.15) is 43.8 Å². The second-order valence-corrected chi connectivity index (χ2v) is 7.67. The van der Waals surface area contributed by atoms with E-state index in [1.165, 1.54) is 5.57 Å². The molecule has 3 heterocycles. The van der Waals surface area contributed by atoms with Crippen LogP contribution in [-0.2, 0) is 4.74 Å². The molecule has 1 atom stereocenters. The minimum Gasteiger partial charge on any atom is -0.480 e. The average molecular weight is 383 g/mol. The van der Waals surface area contributed by atoms with Crippen LogP contribution in [0.5, 0.6) is 5.88 Å². The Labute approximate surface area is 167 Å². The number of fused-ring (bicyclic) bond motifs is 1. The van der Waals surface area contributed by atoms with Crippen LogP contribution in [-0.4, -0.2) is 49.4 Å². The largest absolute Gasteiger partial charge is 0.480 e. The fourth-order valence-corrected chi connectivity index (χ4v) is 3.53. The van der Waals surface area contributed by atoms with Crippen molar-refractivity contribution in [1.82, 2.24) is 15.0 Å². The number of ether oxygens (including phenoxy) is 2. The summed E-state index contributed by atoms with van der Waals surface area (Å²) in [4.78, 5) is 16.7. The molecule has 2 aromatic heterocycles. The quantitative estimate of drug-likeness (QED) is 0.750. The van der Waals surface area contributed by atoms with Crippen molar-refractivity contribution in [1.29, 1.82) is 0 Å². The summed E-state index contributed by atoms with van der Waals surface area (Å²) in [5.41, 5.74) is 5.67. The normalized spacial score (nSPS) is 14.7. The van der Waals surface area contributed by atoms with Crippen LogP contribution < -0.4 is 9.64 Å². The van der Waals surface area contributed by atoms with Crippen molar-refractivity contribution in [2.75, 3.05) is 39.3 Å². The summed E-state index contributed by atoms with van der Waals surface area (Å²) < 4.78 is 10.9. The molecule has 1 aliphatic heterocycles. The van der Waals surface area contributed by atoms with E-state index in [4.69, 9.17) is 19.4 Å². The van der Waals surface area contributed by atoms with Gasteiger partial charge in [-0.25, -0.2) is 15.0 Å². The van der Waals surface area contributed by atoms with E-state index in [-0.39, 0.29) is 5.92 Å². The number of hydrogen-bond donors (Lipinski definition) is 0. The molecule has 6 heteroatoms. The maximum Gasteiger partial charge on any atom is 0.222 e. The minimum atomic E-state index is 0.263. The predicted molar refractivity (Wildman–Crippen MR) is 113 cm³/mol. The SMILES string of the molecule is COCC(C)C1=CCN(C)c2nc(-c3ccc(C(C)C)nc3OC)c(C)nc21. The van der Waals surface area contributed by atoms with Crippen LogP contribution in [0.25, 0.3) is 16.8 Å². The molecule has 0 amide bonds. The van der Waals surface area contributed by atoms with Crippen molar-refractivity contribution in [3.63, 3.8) is 0 Å². The maximum absolute atomic E-state index is 5.59. The van der Waals surface area contributed by atoms with Gasteiger partial charge in [0.2, 0.25) is 5.88 Å². The Balaban J connectivity index is 2.11. The van der Waals surface area contributed by atoms with E-state index in [9.17, 15) is 0 Å². The van der Waals surface area contributed by atoms with Gasteiger partial charge in [0, 0.05) is 32.3 Å². The lowest BCUT2D eigenvalue weighted by Crippen LogP contribution is -2.26. The summed E-state index contributed by atoms with van der Waals surface area (Å²) in [6, 6.07) is 4.08. The monoisotopic (exact) mass is 382 g/mol. The van der Waals surface area contributed by atoms with E-state index in [0.717, 1.165) is 40.7 Å². The fraction of sp³-hybridized carbons (Fsp3) is 0.500. The van der Waals surface area contributed by atoms with Gasteiger partial charge in [-0.05, 0) is 30.5 Å². The molecule has 28 heavy (non-hydrogen) atoms. The molecule has 0 aromatic carbocycles. The molecular weight excluding hydrogens is 352 g/mol. The van der Waals surface area contributed by atoms with Gasteiger partial charge in [-0.3, -0.25) is 0 Å². The number of aryl methyl sites for hydroxylation is 1. The van der Waals surface area contributed by atoms with E-state index in [0.29, 0.717) is 18.4 Å². The van der Waals surface area contributed by atoms with Crippen LogP contribution in [0, 0.1) is 12.8 Å². The highest BCUT2D eigenvalue weighted by Gasteiger charge is 2.26. The number of anilines is 1. The third-order valence-corrected chi connectivity index (χ3v) is 5.14. The van der Waals surface area contributed by atoms with Gasteiger partial charge in [0.1, 0.15) is 5.69 Å². The number of methoxy groups -OCH3 is 2. The average Bonchev–Trinajstić information content (AvgIpc) is 2.67. The van der Waals surface area contributed by atoms with Gasteiger partial charge in [0.15, 0.2) is 5.82 Å². The third kappa shape index (κ3) is 3.74. The van der Waals surface area contributed by atoms with Crippen molar-refractivity contribution in [2.24, 2.45) is 5.92 Å². The second-order valence-electron chi connectivity index (χ2n) is 7.67. The van der Waals surface area contributed by atoms with E-state index < -0.39 is 0 Å². The molecule has 0 N–H and O–H groups in total. The standard InChI is InChI=1S/C22H30N4O2/c1-13(2)18-9-8-17(22(24-18)28-7)19-15(4)23-20-16(14(3)12-27-6)10-11-26(5)21(20)25-19/h8-10,13-14H,11-12H2,1-7H3. The van der Waals surface area contributed by atoms with Gasteiger partial charge in [-0.1, -0.05) is 26.8 Å². The summed E-state index contributed by atoms with van der Waals surface area (Å²) in [6.45, 7) is 9.85. The van der Waals surface area contributed by atoms with Gasteiger partial charge in [0.05, 0.1) is 30.7 Å². The van der Waals surface area contributed by atoms with E-state index in [1.54, 1.807) is 14.2 Å². The molecule has 0 saturated carbocycles. The first kappa shape index (κ1) is 20.3. The Morgan fingerprint density at radius 1 is 1.07 bits per heavy atom. The first-order valence-electron chi connectivity index (χ1n) is 9.71. The molecule has 2 aromatic rings. The highest BCUT2D eigenvalue weighted by molar-refractivity contribution is 5.79. The van der Waals surface area contributed by atoms with Crippen LogP contribution in [0.4, 0.5) is 5.82 Å². The van der Waals surface area contributed by atoms with Crippen molar-refractivity contribution >= 4 is 11.4 Å². The Hall–Kier alpha value is -2.47. The lowest BCUT2D eigenvalue weighted by molar-refractivity contribution is 0.178. The molecule has 0 radical (unpaired) electrons. The predicted octanol–water partition coefficient (Wildman–Crippen LogP) is 4.09. The van der Waals surface area contributed by atoms with Crippen molar-refractivity contribution in [2.45, 2.75) is 33.6 Å². The van der Waals surface area contributed by atoms with Gasteiger partial charge in [-0.2, -0.15) is 0 Å². The number of likely N-dealkylation sites (N-methyl/N-ethyl adjacent to an activating group) is 1. The van der Waals surface area contributed by atoms with Crippen LogP contribution in [0.2, 0.25) is 0 Å². The molecular formula is C22H30N4O2. The molecule has 6 nitrogen and oxygen atoms in total. The first-order chi connectivity index (χ1) is 13.4. The summed E-state index contributed by atoms with van der Waals surface area (Å²) >= 11 is 0. The number of aromatic nitrogens is 3. The second kappa shape index (κ2) is 8.27. The fourth-order valence-electron chi connectivity index (χ4n) is 3.53. The highest BCUT2D eigenvalue weighted by Crippen LogP contribution is 2.37. The van der Waals surface area contributed by atoms with Gasteiger partial charge < -0.3 is 14.4 Å². The van der Waals surface area contributed by atoms with E-state index in [1.807, 2.05) is 26.1 Å². The zero-order chi connectivity index (χ0) is 20.4. The van der Waals surface area contributed by atoms with Crippen LogP contribution in [0.3, 0.4) is 0 Å². The Kier molecular flexibility index (Phi) is 5.98. The summed E-state index contributed by atoms with van der Waals surface area (Å²) in [5, 5.41) is 0. The molecule has 1 aliphatic rings. The smallest absolute Gasteiger partial charge is 0.222 e. The van der Waals surface area contributed by atoms with Crippen molar-refractivity contribution in [3.05, 3.63) is 35.3 Å². The summed E-state index contributed by atoms with van der Waals surface area (Å²) in [6.07, 6.45) is 2.22. The first-order valence-corrected chi connectivity index (χ1v) is 9.71. The number of nitrogens with zero attached hydrogens (tertiary/aromatic N) is 4. The molecule has 150 valence electrons. The maximum atomic E-state index is 5.59. The molecule has 0 fully saturated rings. The molecule has 0 aliphatic carbocycles. The Morgan fingerprint density at radius 2 is 1.82 bits per heavy atom. The summed E-state index contributed by atoms with van der Waals surface area (Å²) in [5.74, 6) is 2.07. The van der Waals surface area contributed by atoms with Gasteiger partial charge in [-0.15, -0.1) is 0 Å². The third-order valence-electron chi connectivity index (χ3n) is 5.14. The summed E-state index contributed by atoms with van der Waals surface area (Å²) in [7, 11) is 5.42. The Morgan fingerprint density at radius 3 is 2.46 bits per heavy atom. The topological polar surface area (TPSA) is 60.4 Å². The van der Waals surface area contributed by atoms with Crippen LogP contribution in [0.15, 0.2) is 18.2 Å². The minimum absolute atomic E-state index is 0.263. The van der Waals surface area contributed by atoms with Crippen molar-refractivity contribution in [3.8, 4) is 17.1 Å². The molecule has 3 rings (SSSR count). The lowest BCUT2D eigenvalue weighted by atomic mass is 9.95. The molecule has 0 bridgehead atoms. The number of pyridine rings is 1. The zero-order valence-corrected chi connectivity index (χ0v) is 17.9. The van der Waals surface area contributed by atoms with Gasteiger partial charge >= 0.3 is 0 Å². The molecule has 0 spiro atoms.